The molecule has 0 aliphatic carbocycles. The third kappa shape index (κ3) is 2.67. The molecular formula is C10H14ClN3O. The summed E-state index contributed by atoms with van der Waals surface area (Å²) < 4.78 is 0. The van der Waals surface area contributed by atoms with E-state index in [1.54, 1.807) is 13.0 Å². The molecule has 0 saturated heterocycles. The second kappa shape index (κ2) is 5.09. The molecule has 5 heteroatoms. The summed E-state index contributed by atoms with van der Waals surface area (Å²) in [6.07, 6.45) is 1.76. The molecule has 4 nitrogen and oxygen atoms in total. The van der Waals surface area contributed by atoms with E-state index < -0.39 is 0 Å². The lowest BCUT2D eigenvalue weighted by molar-refractivity contribution is 0.281. The molecule has 0 fully saturated rings. The maximum atomic E-state index is 9.19. The fraction of sp³-hybridized carbons (Fsp3) is 0.400. The van der Waals surface area contributed by atoms with Crippen molar-refractivity contribution < 1.29 is 5.11 Å². The van der Waals surface area contributed by atoms with Crippen molar-refractivity contribution in [1.29, 1.82) is 0 Å². The van der Waals surface area contributed by atoms with Crippen LogP contribution in [0.3, 0.4) is 0 Å². The monoisotopic (exact) mass is 227 g/mol. The van der Waals surface area contributed by atoms with Crippen LogP contribution in [0.5, 0.6) is 0 Å². The van der Waals surface area contributed by atoms with Gasteiger partial charge in [-0.2, -0.15) is 0 Å². The summed E-state index contributed by atoms with van der Waals surface area (Å²) in [6, 6.07) is 0. The molecule has 15 heavy (non-hydrogen) atoms. The van der Waals surface area contributed by atoms with E-state index in [1.165, 1.54) is 0 Å². The lowest BCUT2D eigenvalue weighted by Gasteiger charge is -2.19. The number of aromatic nitrogens is 2. The number of hydrogen-bond acceptors (Lipinski definition) is 4. The maximum Gasteiger partial charge on any atom is 0.140 e. The van der Waals surface area contributed by atoms with E-state index in [-0.39, 0.29) is 6.61 Å². The zero-order chi connectivity index (χ0) is 11.4. The van der Waals surface area contributed by atoms with Gasteiger partial charge in [-0.3, -0.25) is 0 Å². The van der Waals surface area contributed by atoms with Crippen molar-refractivity contribution in [2.75, 3.05) is 18.5 Å². The van der Waals surface area contributed by atoms with Gasteiger partial charge < -0.3 is 10.0 Å². The normalized spacial score (nSPS) is 10.1. The zero-order valence-electron chi connectivity index (χ0n) is 8.87. The number of likely N-dealkylation sites (N-methyl/N-ethyl adjacent to an activating group) is 1. The third-order valence-corrected chi connectivity index (χ3v) is 2.28. The summed E-state index contributed by atoms with van der Waals surface area (Å²) in [5.74, 6) is 1.23. The van der Waals surface area contributed by atoms with Crippen LogP contribution in [-0.4, -0.2) is 28.7 Å². The van der Waals surface area contributed by atoms with Crippen LogP contribution in [0, 0.1) is 6.92 Å². The molecular weight excluding hydrogens is 214 g/mol. The van der Waals surface area contributed by atoms with E-state index in [0.717, 1.165) is 0 Å². The average molecular weight is 228 g/mol. The number of aliphatic hydroxyl groups excluding tert-OH is 1. The van der Waals surface area contributed by atoms with E-state index in [4.69, 9.17) is 11.6 Å². The minimum Gasteiger partial charge on any atom is -0.391 e. The minimum atomic E-state index is -0.171. The molecule has 1 rings (SSSR count). The van der Waals surface area contributed by atoms with Gasteiger partial charge in [-0.1, -0.05) is 17.7 Å². The Morgan fingerprint density at radius 1 is 1.53 bits per heavy atom. The predicted octanol–water partition coefficient (Wildman–Crippen LogP) is 1.55. The number of aliphatic hydroxyl groups is 1. The standard InChI is InChI=1S/C10H14ClN3O/c1-4-5-14(3)10-8(6-15)9(11)12-7(2)13-10/h4,15H,1,5-6H2,2-3H3. The first kappa shape index (κ1) is 11.9. The van der Waals surface area contributed by atoms with Crippen molar-refractivity contribution in [1.82, 2.24) is 9.97 Å². The van der Waals surface area contributed by atoms with Gasteiger partial charge in [0, 0.05) is 13.6 Å². The predicted molar refractivity (Wildman–Crippen MR) is 61.2 cm³/mol. The van der Waals surface area contributed by atoms with E-state index in [9.17, 15) is 5.11 Å². The Labute approximate surface area is 94.2 Å². The second-order valence-electron chi connectivity index (χ2n) is 3.19. The van der Waals surface area contributed by atoms with Crippen LogP contribution in [0.25, 0.3) is 0 Å². The molecule has 0 aliphatic rings. The van der Waals surface area contributed by atoms with Gasteiger partial charge in [0.25, 0.3) is 0 Å². The van der Waals surface area contributed by atoms with Crippen molar-refractivity contribution in [2.45, 2.75) is 13.5 Å². The van der Waals surface area contributed by atoms with Gasteiger partial charge in [-0.25, -0.2) is 9.97 Å². The second-order valence-corrected chi connectivity index (χ2v) is 3.55. The molecule has 0 amide bonds. The molecule has 1 heterocycles. The molecule has 0 unspecified atom stereocenters. The van der Waals surface area contributed by atoms with Crippen LogP contribution >= 0.6 is 11.6 Å². The Kier molecular flexibility index (Phi) is 4.05. The molecule has 0 atom stereocenters. The van der Waals surface area contributed by atoms with Gasteiger partial charge in [0.05, 0.1) is 12.2 Å². The van der Waals surface area contributed by atoms with Crippen LogP contribution in [0.4, 0.5) is 5.82 Å². The molecule has 1 aromatic heterocycles. The van der Waals surface area contributed by atoms with Crippen LogP contribution in [0.2, 0.25) is 5.15 Å². The van der Waals surface area contributed by atoms with Gasteiger partial charge in [0.2, 0.25) is 0 Å². The topological polar surface area (TPSA) is 49.2 Å². The quantitative estimate of drug-likeness (QED) is 0.627. The van der Waals surface area contributed by atoms with Gasteiger partial charge in [0.1, 0.15) is 16.8 Å². The van der Waals surface area contributed by atoms with E-state index in [2.05, 4.69) is 16.5 Å². The molecule has 0 spiro atoms. The van der Waals surface area contributed by atoms with E-state index in [1.807, 2.05) is 11.9 Å². The average Bonchev–Trinajstić information content (AvgIpc) is 2.17. The highest BCUT2D eigenvalue weighted by atomic mass is 35.5. The Morgan fingerprint density at radius 3 is 2.73 bits per heavy atom. The number of anilines is 1. The Bertz CT molecular complexity index is 368. The van der Waals surface area contributed by atoms with Crippen molar-refractivity contribution >= 4 is 17.4 Å². The fourth-order valence-corrected chi connectivity index (χ4v) is 1.55. The molecule has 0 aromatic carbocycles. The number of aryl methyl sites for hydroxylation is 1. The summed E-state index contributed by atoms with van der Waals surface area (Å²) in [7, 11) is 1.86. The summed E-state index contributed by atoms with van der Waals surface area (Å²) in [4.78, 5) is 10.1. The van der Waals surface area contributed by atoms with Gasteiger partial charge in [-0.15, -0.1) is 6.58 Å². The summed E-state index contributed by atoms with van der Waals surface area (Å²) >= 11 is 5.92. The number of rotatable bonds is 4. The van der Waals surface area contributed by atoms with Crippen LogP contribution in [0.15, 0.2) is 12.7 Å². The van der Waals surface area contributed by atoms with Crippen molar-refractivity contribution in [2.24, 2.45) is 0 Å². The van der Waals surface area contributed by atoms with Crippen molar-refractivity contribution in [3.8, 4) is 0 Å². The molecule has 0 saturated carbocycles. The highest BCUT2D eigenvalue weighted by Crippen LogP contribution is 2.23. The number of nitrogens with zero attached hydrogens (tertiary/aromatic N) is 3. The summed E-state index contributed by atoms with van der Waals surface area (Å²) in [5, 5.41) is 9.49. The highest BCUT2D eigenvalue weighted by Gasteiger charge is 2.13. The first-order valence-corrected chi connectivity index (χ1v) is 4.93. The van der Waals surface area contributed by atoms with E-state index >= 15 is 0 Å². The first-order valence-electron chi connectivity index (χ1n) is 4.56. The van der Waals surface area contributed by atoms with Crippen molar-refractivity contribution in [3.05, 3.63) is 29.2 Å². The van der Waals surface area contributed by atoms with E-state index in [0.29, 0.717) is 28.9 Å². The van der Waals surface area contributed by atoms with Crippen molar-refractivity contribution in [3.63, 3.8) is 0 Å². The number of halogens is 1. The molecule has 82 valence electrons. The fourth-order valence-electron chi connectivity index (χ4n) is 1.28. The maximum absolute atomic E-state index is 9.19. The summed E-state index contributed by atoms with van der Waals surface area (Å²) in [6.45, 7) is 5.88. The van der Waals surface area contributed by atoms with Gasteiger partial charge in [0.15, 0.2) is 0 Å². The van der Waals surface area contributed by atoms with Crippen LogP contribution < -0.4 is 4.90 Å². The third-order valence-electron chi connectivity index (χ3n) is 1.97. The highest BCUT2D eigenvalue weighted by molar-refractivity contribution is 6.30. The molecule has 0 aliphatic heterocycles. The van der Waals surface area contributed by atoms with Gasteiger partial charge in [-0.05, 0) is 6.92 Å². The Morgan fingerprint density at radius 2 is 2.20 bits per heavy atom. The first-order chi connectivity index (χ1) is 7.10. The lowest BCUT2D eigenvalue weighted by Crippen LogP contribution is -2.21. The molecule has 1 aromatic rings. The molecule has 0 bridgehead atoms. The number of hydrogen-bond donors (Lipinski definition) is 1. The summed E-state index contributed by atoms with van der Waals surface area (Å²) in [5.41, 5.74) is 0.548. The largest absolute Gasteiger partial charge is 0.391 e. The lowest BCUT2D eigenvalue weighted by atomic mass is 10.3. The molecule has 0 radical (unpaired) electrons. The van der Waals surface area contributed by atoms with Gasteiger partial charge >= 0.3 is 0 Å². The van der Waals surface area contributed by atoms with Crippen LogP contribution in [0.1, 0.15) is 11.4 Å². The SMILES string of the molecule is C=CCN(C)c1nc(C)nc(Cl)c1CO. The van der Waals surface area contributed by atoms with Crippen LogP contribution in [-0.2, 0) is 6.61 Å². The zero-order valence-corrected chi connectivity index (χ0v) is 9.62. The smallest absolute Gasteiger partial charge is 0.140 e. The Hall–Kier alpha value is -1.13. The minimum absolute atomic E-state index is 0.171. The Balaban J connectivity index is 3.19. The molecule has 1 N–H and O–H groups in total.